The number of amides is 1. The van der Waals surface area contributed by atoms with Crippen molar-refractivity contribution in [2.45, 2.75) is 37.1 Å². The van der Waals surface area contributed by atoms with Crippen molar-refractivity contribution < 1.29 is 24.6 Å². The Morgan fingerprint density at radius 2 is 1.82 bits per heavy atom. The number of carbonyl (C=O) groups excluding carboxylic acids is 1. The van der Waals surface area contributed by atoms with Gasteiger partial charge in [-0.2, -0.15) is 12.6 Å². The molecule has 5 N–H and O–H groups in total. The summed E-state index contributed by atoms with van der Waals surface area (Å²) in [6.07, 6.45) is -0.708. The first-order valence-corrected chi connectivity index (χ1v) is 5.23. The van der Waals surface area contributed by atoms with Crippen molar-refractivity contribution in [1.82, 2.24) is 5.32 Å². The molecule has 0 aliphatic carbocycles. The molecule has 7 nitrogen and oxygen atoms in total. The molecule has 1 amide bonds. The Labute approximate surface area is 104 Å². The highest BCUT2D eigenvalue weighted by molar-refractivity contribution is 7.81. The van der Waals surface area contributed by atoms with E-state index in [-0.39, 0.29) is 0 Å². The second-order valence-electron chi connectivity index (χ2n) is 4.13. The van der Waals surface area contributed by atoms with Crippen LogP contribution in [0.3, 0.4) is 0 Å². The third-order valence-electron chi connectivity index (χ3n) is 2.04. The Bertz CT molecular complexity index is 326. The predicted molar refractivity (Wildman–Crippen MR) is 62.9 cm³/mol. The Balaban J connectivity index is 4.62. The molecule has 0 aromatic heterocycles. The molecule has 0 aliphatic rings. The number of carboxylic acid groups (broad SMARTS) is 2. The van der Waals surface area contributed by atoms with E-state index < -0.39 is 41.1 Å². The van der Waals surface area contributed by atoms with Gasteiger partial charge >= 0.3 is 11.9 Å². The maximum atomic E-state index is 11.5. The molecule has 0 rings (SSSR count). The molecule has 0 saturated carbocycles. The van der Waals surface area contributed by atoms with Gasteiger partial charge in [-0.05, 0) is 13.8 Å². The second kappa shape index (κ2) is 5.87. The number of thiol groups is 1. The van der Waals surface area contributed by atoms with Gasteiger partial charge in [0.25, 0.3) is 0 Å². The van der Waals surface area contributed by atoms with E-state index in [2.05, 4.69) is 17.9 Å². The number of carbonyl (C=O) groups is 3. The van der Waals surface area contributed by atoms with E-state index in [9.17, 15) is 14.4 Å². The predicted octanol–water partition coefficient (Wildman–Crippen LogP) is -0.934. The molecular weight excluding hydrogens is 248 g/mol. The fourth-order valence-corrected chi connectivity index (χ4v) is 1.07. The van der Waals surface area contributed by atoms with Crippen molar-refractivity contribution in [3.8, 4) is 0 Å². The molecule has 0 heterocycles. The maximum Gasteiger partial charge on any atom is 0.326 e. The summed E-state index contributed by atoms with van der Waals surface area (Å²) in [5.41, 5.74) is 5.54. The smallest absolute Gasteiger partial charge is 0.326 e. The minimum Gasteiger partial charge on any atom is -0.481 e. The number of rotatable bonds is 6. The highest BCUT2D eigenvalue weighted by Crippen LogP contribution is 2.15. The van der Waals surface area contributed by atoms with Gasteiger partial charge in [0, 0.05) is 4.75 Å². The third-order valence-corrected chi connectivity index (χ3v) is 2.32. The molecule has 2 atom stereocenters. The van der Waals surface area contributed by atoms with Crippen molar-refractivity contribution in [2.75, 3.05) is 0 Å². The van der Waals surface area contributed by atoms with Gasteiger partial charge in [-0.15, -0.1) is 0 Å². The Hall–Kier alpha value is -1.28. The van der Waals surface area contributed by atoms with Crippen LogP contribution in [0.2, 0.25) is 0 Å². The summed E-state index contributed by atoms with van der Waals surface area (Å²) in [6.45, 7) is 3.18. The number of hydrogen-bond donors (Lipinski definition) is 5. The van der Waals surface area contributed by atoms with Crippen molar-refractivity contribution in [3.63, 3.8) is 0 Å². The van der Waals surface area contributed by atoms with Gasteiger partial charge in [0.05, 0.1) is 12.5 Å². The molecule has 0 aromatic rings. The van der Waals surface area contributed by atoms with Gasteiger partial charge in [0.15, 0.2) is 0 Å². The number of hydrogen-bond acceptors (Lipinski definition) is 5. The van der Waals surface area contributed by atoms with Crippen LogP contribution in [-0.2, 0) is 14.4 Å². The standard InChI is InChI=1S/C9H16N2O5S/c1-9(2,17)6(10)7(14)11-4(8(15)16)3-5(12)13/h4,6,17H,3,10H2,1-2H3,(H,11,14)(H,12,13)(H,15,16)/t4-,6+/m0/s1. The van der Waals surface area contributed by atoms with Crippen LogP contribution in [0.15, 0.2) is 0 Å². The number of nitrogens with one attached hydrogen (secondary N) is 1. The molecular formula is C9H16N2O5S. The zero-order valence-electron chi connectivity index (χ0n) is 9.51. The summed E-state index contributed by atoms with van der Waals surface area (Å²) in [6, 6.07) is -2.54. The quantitative estimate of drug-likeness (QED) is 0.394. The summed E-state index contributed by atoms with van der Waals surface area (Å²) >= 11 is 4.08. The van der Waals surface area contributed by atoms with E-state index in [1.54, 1.807) is 13.8 Å². The molecule has 0 aromatic carbocycles. The SMILES string of the molecule is CC(C)(S)[C@H](N)C(=O)N[C@@H](CC(=O)O)C(=O)O. The monoisotopic (exact) mass is 264 g/mol. The van der Waals surface area contributed by atoms with Gasteiger partial charge < -0.3 is 21.3 Å². The summed E-state index contributed by atoms with van der Waals surface area (Å²) in [5.74, 6) is -3.50. The first-order valence-electron chi connectivity index (χ1n) is 4.78. The fourth-order valence-electron chi connectivity index (χ4n) is 0.957. The number of carboxylic acids is 2. The summed E-state index contributed by atoms with van der Waals surface area (Å²) in [4.78, 5) is 32.7. The van der Waals surface area contributed by atoms with Crippen LogP contribution in [0.25, 0.3) is 0 Å². The second-order valence-corrected chi connectivity index (χ2v) is 5.28. The zero-order chi connectivity index (χ0) is 13.8. The molecule has 0 saturated heterocycles. The molecule has 0 unspecified atom stereocenters. The van der Waals surface area contributed by atoms with Gasteiger partial charge in [0.2, 0.25) is 5.91 Å². The van der Waals surface area contributed by atoms with E-state index in [0.717, 1.165) is 0 Å². The van der Waals surface area contributed by atoms with Crippen LogP contribution in [0.4, 0.5) is 0 Å². The Morgan fingerprint density at radius 1 is 1.35 bits per heavy atom. The first-order chi connectivity index (χ1) is 7.55. The molecule has 98 valence electrons. The topological polar surface area (TPSA) is 130 Å². The average Bonchev–Trinajstić information content (AvgIpc) is 2.13. The average molecular weight is 264 g/mol. The van der Waals surface area contributed by atoms with Gasteiger partial charge in [0.1, 0.15) is 6.04 Å². The van der Waals surface area contributed by atoms with Crippen LogP contribution in [0.1, 0.15) is 20.3 Å². The summed E-state index contributed by atoms with van der Waals surface area (Å²) in [5, 5.41) is 19.3. The van der Waals surface area contributed by atoms with E-state index in [0.29, 0.717) is 0 Å². The summed E-state index contributed by atoms with van der Waals surface area (Å²) in [7, 11) is 0. The van der Waals surface area contributed by atoms with Crippen LogP contribution >= 0.6 is 12.6 Å². The third kappa shape index (κ3) is 5.55. The van der Waals surface area contributed by atoms with Crippen LogP contribution in [0.5, 0.6) is 0 Å². The van der Waals surface area contributed by atoms with Crippen LogP contribution in [-0.4, -0.2) is 44.9 Å². The Kier molecular flexibility index (Phi) is 5.43. The van der Waals surface area contributed by atoms with Gasteiger partial charge in [-0.25, -0.2) is 4.79 Å². The highest BCUT2D eigenvalue weighted by Gasteiger charge is 2.32. The molecule has 17 heavy (non-hydrogen) atoms. The summed E-state index contributed by atoms with van der Waals surface area (Å²) < 4.78 is -0.837. The Morgan fingerprint density at radius 3 is 2.12 bits per heavy atom. The molecule has 8 heteroatoms. The van der Waals surface area contributed by atoms with Crippen molar-refractivity contribution in [3.05, 3.63) is 0 Å². The molecule has 0 spiro atoms. The zero-order valence-corrected chi connectivity index (χ0v) is 10.4. The first kappa shape index (κ1) is 15.7. The van der Waals surface area contributed by atoms with Crippen molar-refractivity contribution in [2.24, 2.45) is 5.73 Å². The minimum atomic E-state index is -1.50. The van der Waals surface area contributed by atoms with Gasteiger partial charge in [-0.3, -0.25) is 9.59 Å². The van der Waals surface area contributed by atoms with Gasteiger partial charge in [-0.1, -0.05) is 0 Å². The van der Waals surface area contributed by atoms with E-state index >= 15 is 0 Å². The van der Waals surface area contributed by atoms with Crippen molar-refractivity contribution in [1.29, 1.82) is 0 Å². The highest BCUT2D eigenvalue weighted by atomic mass is 32.1. The maximum absolute atomic E-state index is 11.5. The molecule has 0 aliphatic heterocycles. The lowest BCUT2D eigenvalue weighted by Crippen LogP contribution is -2.55. The van der Waals surface area contributed by atoms with E-state index in [1.807, 2.05) is 0 Å². The molecule has 0 radical (unpaired) electrons. The normalized spacial score (nSPS) is 14.8. The lowest BCUT2D eigenvalue weighted by Gasteiger charge is -2.26. The lowest BCUT2D eigenvalue weighted by atomic mass is 10.0. The molecule has 0 bridgehead atoms. The van der Waals surface area contributed by atoms with Crippen LogP contribution in [0, 0.1) is 0 Å². The molecule has 0 fully saturated rings. The van der Waals surface area contributed by atoms with Crippen LogP contribution < -0.4 is 11.1 Å². The largest absolute Gasteiger partial charge is 0.481 e. The van der Waals surface area contributed by atoms with E-state index in [4.69, 9.17) is 15.9 Å². The number of nitrogens with two attached hydrogens (primary N) is 1. The minimum absolute atomic E-state index is 0.708. The van der Waals surface area contributed by atoms with E-state index in [1.165, 1.54) is 0 Å². The van der Waals surface area contributed by atoms with Crippen molar-refractivity contribution >= 4 is 30.5 Å². The number of aliphatic carboxylic acids is 2. The lowest BCUT2D eigenvalue weighted by molar-refractivity contribution is -0.147. The fraction of sp³-hybridized carbons (Fsp3) is 0.667.